The van der Waals surface area contributed by atoms with Gasteiger partial charge in [0.1, 0.15) is 5.60 Å². The lowest BCUT2D eigenvalue weighted by atomic mass is 9.82. The zero-order chi connectivity index (χ0) is 14.0. The van der Waals surface area contributed by atoms with E-state index in [2.05, 4.69) is 6.07 Å². The topological polar surface area (TPSA) is 38.8 Å². The minimum absolute atomic E-state index is 0.260. The first kappa shape index (κ1) is 12.6. The summed E-state index contributed by atoms with van der Waals surface area (Å²) in [7, 11) is 1.39. The van der Waals surface area contributed by atoms with Gasteiger partial charge < -0.3 is 4.74 Å². The van der Waals surface area contributed by atoms with Crippen molar-refractivity contribution in [3.63, 3.8) is 0 Å². The maximum Gasteiger partial charge on any atom is 0.332 e. The van der Waals surface area contributed by atoms with Crippen LogP contribution < -0.4 is 0 Å². The number of hydrogen-bond donors (Lipinski definition) is 0. The van der Waals surface area contributed by atoms with Crippen molar-refractivity contribution in [1.82, 2.24) is 5.06 Å². The minimum Gasteiger partial charge on any atom is -0.468 e. The van der Waals surface area contributed by atoms with E-state index in [1.807, 2.05) is 23.3 Å². The molecular formula is C15H16ClNO3. The fourth-order valence-corrected chi connectivity index (χ4v) is 4.14. The van der Waals surface area contributed by atoms with E-state index in [1.165, 1.54) is 12.7 Å². The van der Waals surface area contributed by atoms with Gasteiger partial charge in [0.25, 0.3) is 0 Å². The third kappa shape index (κ3) is 1.37. The van der Waals surface area contributed by atoms with Crippen LogP contribution in [0.3, 0.4) is 0 Å². The largest absolute Gasteiger partial charge is 0.468 e. The Kier molecular flexibility index (Phi) is 2.50. The predicted molar refractivity (Wildman–Crippen MR) is 73.2 cm³/mol. The van der Waals surface area contributed by atoms with E-state index in [1.54, 1.807) is 0 Å². The molecule has 20 heavy (non-hydrogen) atoms. The summed E-state index contributed by atoms with van der Waals surface area (Å²) in [5.41, 5.74) is 1.75. The Labute approximate surface area is 122 Å². The van der Waals surface area contributed by atoms with E-state index < -0.39 is 10.5 Å². The highest BCUT2D eigenvalue weighted by molar-refractivity contribution is 6.36. The van der Waals surface area contributed by atoms with E-state index in [4.69, 9.17) is 21.2 Å². The first-order chi connectivity index (χ1) is 9.62. The van der Waals surface area contributed by atoms with Crippen LogP contribution in [0.5, 0.6) is 0 Å². The molecule has 1 aliphatic carbocycles. The third-order valence-corrected chi connectivity index (χ3v) is 5.46. The molecule has 1 saturated heterocycles. The van der Waals surface area contributed by atoms with Gasteiger partial charge in [-0.2, -0.15) is 5.06 Å². The number of benzene rings is 1. The van der Waals surface area contributed by atoms with E-state index >= 15 is 0 Å². The molecule has 0 amide bonds. The smallest absolute Gasteiger partial charge is 0.332 e. The van der Waals surface area contributed by atoms with Crippen LogP contribution >= 0.6 is 11.6 Å². The van der Waals surface area contributed by atoms with Gasteiger partial charge in [0.05, 0.1) is 13.2 Å². The molecule has 2 atom stereocenters. The quantitative estimate of drug-likeness (QED) is 0.588. The summed E-state index contributed by atoms with van der Waals surface area (Å²) in [6, 6.07) is 7.87. The number of hydroxylamine groups is 2. The third-order valence-electron chi connectivity index (χ3n) is 4.76. The Balaban J connectivity index is 1.88. The number of nitrogens with zero attached hydrogens (tertiary/aromatic N) is 1. The fraction of sp³-hybridized carbons (Fsp3) is 0.533. The van der Waals surface area contributed by atoms with Gasteiger partial charge in [-0.1, -0.05) is 24.3 Å². The van der Waals surface area contributed by atoms with Crippen molar-refractivity contribution in [2.45, 2.75) is 35.8 Å². The number of ether oxygens (including phenoxy) is 1. The molecule has 2 heterocycles. The Morgan fingerprint density at radius 2 is 2.20 bits per heavy atom. The lowest BCUT2D eigenvalue weighted by Crippen LogP contribution is -2.49. The van der Waals surface area contributed by atoms with Gasteiger partial charge >= 0.3 is 5.97 Å². The highest BCUT2D eigenvalue weighted by atomic mass is 35.5. The van der Waals surface area contributed by atoms with Crippen molar-refractivity contribution in [3.05, 3.63) is 35.4 Å². The number of hydrogen-bond acceptors (Lipinski definition) is 4. The number of fused-ring (bicyclic) bond motifs is 3. The molecule has 0 unspecified atom stereocenters. The molecule has 1 aromatic rings. The van der Waals surface area contributed by atoms with Crippen LogP contribution in [0.25, 0.3) is 0 Å². The van der Waals surface area contributed by atoms with Crippen molar-refractivity contribution in [1.29, 1.82) is 0 Å². The molecular weight excluding hydrogens is 278 g/mol. The number of carbonyl (C=O) groups excluding carboxylic acids is 1. The molecule has 4 nitrogen and oxygen atoms in total. The van der Waals surface area contributed by atoms with Crippen molar-refractivity contribution in [2.24, 2.45) is 0 Å². The van der Waals surface area contributed by atoms with Crippen LogP contribution in [-0.2, 0) is 20.8 Å². The molecule has 5 heteroatoms. The zero-order valence-electron chi connectivity index (χ0n) is 11.3. The Morgan fingerprint density at radius 1 is 1.45 bits per heavy atom. The van der Waals surface area contributed by atoms with Crippen LogP contribution in [-0.4, -0.2) is 35.2 Å². The summed E-state index contributed by atoms with van der Waals surface area (Å²) in [5, 5.41) is 1.89. The lowest BCUT2D eigenvalue weighted by Gasteiger charge is -2.35. The van der Waals surface area contributed by atoms with Crippen LogP contribution in [0.1, 0.15) is 30.0 Å². The van der Waals surface area contributed by atoms with Gasteiger partial charge in [-0.3, -0.25) is 4.84 Å². The molecule has 0 aromatic heterocycles. The number of esters is 1. The number of methoxy groups -OCH3 is 1. The number of alkyl halides is 1. The monoisotopic (exact) mass is 293 g/mol. The SMILES string of the molecule is COC(=O)[C@]1(Cl)[C@@H]2c3ccccc3CCN2OC12CC2. The summed E-state index contributed by atoms with van der Waals surface area (Å²) in [6.07, 6.45) is 2.53. The highest BCUT2D eigenvalue weighted by Gasteiger charge is 2.75. The van der Waals surface area contributed by atoms with Gasteiger partial charge in [0.15, 0.2) is 4.87 Å². The normalized spacial score (nSPS) is 33.6. The molecule has 1 saturated carbocycles. The summed E-state index contributed by atoms with van der Waals surface area (Å²) >= 11 is 6.84. The van der Waals surface area contributed by atoms with Crippen LogP contribution in [0, 0.1) is 0 Å². The standard InChI is InChI=1S/C15H16ClNO3/c1-19-13(18)15(16)12-11-5-3-2-4-10(11)6-9-17(12)20-14(15)7-8-14/h2-5,12H,6-9H2,1H3/t12-,15+/m0/s1. The molecule has 0 N–H and O–H groups in total. The van der Waals surface area contributed by atoms with E-state index in [-0.39, 0.29) is 12.0 Å². The van der Waals surface area contributed by atoms with E-state index in [0.29, 0.717) is 0 Å². The van der Waals surface area contributed by atoms with Crippen LogP contribution in [0.2, 0.25) is 0 Å². The molecule has 2 aliphatic heterocycles. The summed E-state index contributed by atoms with van der Waals surface area (Å²) in [5.74, 6) is -0.388. The highest BCUT2D eigenvalue weighted by Crippen LogP contribution is 2.64. The van der Waals surface area contributed by atoms with Gasteiger partial charge in [-0.25, -0.2) is 4.79 Å². The number of halogens is 1. The van der Waals surface area contributed by atoms with E-state index in [9.17, 15) is 4.79 Å². The van der Waals surface area contributed by atoms with E-state index in [0.717, 1.165) is 31.4 Å². The second kappa shape index (κ2) is 3.97. The molecule has 4 rings (SSSR count). The van der Waals surface area contributed by atoms with Gasteiger partial charge in [0, 0.05) is 6.54 Å². The number of rotatable bonds is 1. The first-order valence-electron chi connectivity index (χ1n) is 6.93. The van der Waals surface area contributed by atoms with Gasteiger partial charge in [0.2, 0.25) is 0 Å². The maximum absolute atomic E-state index is 12.4. The predicted octanol–water partition coefficient (Wildman–Crippen LogP) is 2.21. The molecule has 3 aliphatic rings. The Hall–Kier alpha value is -1.10. The van der Waals surface area contributed by atoms with Crippen molar-refractivity contribution < 1.29 is 14.4 Å². The molecule has 0 radical (unpaired) electrons. The average molecular weight is 294 g/mol. The summed E-state index contributed by atoms with van der Waals surface area (Å²) < 4.78 is 5.00. The minimum atomic E-state index is -1.14. The molecule has 1 aromatic carbocycles. The Morgan fingerprint density at radius 3 is 2.90 bits per heavy atom. The molecule has 0 bridgehead atoms. The van der Waals surface area contributed by atoms with Crippen molar-refractivity contribution >= 4 is 17.6 Å². The lowest BCUT2D eigenvalue weighted by molar-refractivity contribution is -0.176. The van der Waals surface area contributed by atoms with Crippen LogP contribution in [0.4, 0.5) is 0 Å². The zero-order valence-corrected chi connectivity index (χ0v) is 12.0. The van der Waals surface area contributed by atoms with Crippen molar-refractivity contribution in [2.75, 3.05) is 13.7 Å². The molecule has 2 fully saturated rings. The summed E-state index contributed by atoms with van der Waals surface area (Å²) in [4.78, 5) is 17.3. The van der Waals surface area contributed by atoms with Crippen molar-refractivity contribution in [3.8, 4) is 0 Å². The first-order valence-corrected chi connectivity index (χ1v) is 7.31. The van der Waals surface area contributed by atoms with Crippen LogP contribution in [0.15, 0.2) is 24.3 Å². The molecule has 106 valence electrons. The second-order valence-electron chi connectivity index (χ2n) is 5.78. The molecule has 1 spiro atoms. The summed E-state index contributed by atoms with van der Waals surface area (Å²) in [6.45, 7) is 0.759. The maximum atomic E-state index is 12.4. The Bertz CT molecular complexity index is 586. The number of carbonyl (C=O) groups is 1. The van der Waals surface area contributed by atoms with Gasteiger partial charge in [-0.15, -0.1) is 11.6 Å². The average Bonchev–Trinajstić information content (AvgIpc) is 3.21. The van der Waals surface area contributed by atoms with Gasteiger partial charge in [-0.05, 0) is 30.4 Å². The second-order valence-corrected chi connectivity index (χ2v) is 6.38. The fourth-order valence-electron chi connectivity index (χ4n) is 3.61.